The maximum atomic E-state index is 12.6. The van der Waals surface area contributed by atoms with Crippen molar-refractivity contribution >= 4 is 44.1 Å². The van der Waals surface area contributed by atoms with Gasteiger partial charge in [-0.15, -0.1) is 0 Å². The number of carbonyl (C=O) groups excluding carboxylic acids is 1. The highest BCUT2D eigenvalue weighted by molar-refractivity contribution is 9.10. The smallest absolute Gasteiger partial charge is 0.276 e. The van der Waals surface area contributed by atoms with E-state index in [2.05, 4.69) is 26.3 Å². The molecular weight excluding hydrogens is 344 g/mol. The van der Waals surface area contributed by atoms with Crippen molar-refractivity contribution in [2.75, 3.05) is 11.1 Å². The van der Waals surface area contributed by atoms with Crippen molar-refractivity contribution in [1.29, 1.82) is 0 Å². The summed E-state index contributed by atoms with van der Waals surface area (Å²) in [5.41, 5.74) is 9.32. The van der Waals surface area contributed by atoms with Crippen molar-refractivity contribution < 1.29 is 4.79 Å². The van der Waals surface area contributed by atoms with E-state index < -0.39 is 0 Å². The summed E-state index contributed by atoms with van der Waals surface area (Å²) in [7, 11) is 1.82. The first-order valence-electron chi connectivity index (χ1n) is 6.75. The normalized spacial score (nSPS) is 10.9. The van der Waals surface area contributed by atoms with Crippen LogP contribution in [0.4, 0.5) is 11.4 Å². The molecule has 112 valence electrons. The summed E-state index contributed by atoms with van der Waals surface area (Å²) < 4.78 is 2.60. The Bertz CT molecular complexity index is 885. The van der Waals surface area contributed by atoms with Crippen LogP contribution in [0.15, 0.2) is 40.9 Å². The van der Waals surface area contributed by atoms with Crippen LogP contribution in [0.3, 0.4) is 0 Å². The Morgan fingerprint density at radius 1 is 1.27 bits per heavy atom. The molecule has 0 bridgehead atoms. The first-order chi connectivity index (χ1) is 10.5. The average Bonchev–Trinajstić information content (AvgIpc) is 2.79. The van der Waals surface area contributed by atoms with Gasteiger partial charge in [0.1, 0.15) is 0 Å². The van der Waals surface area contributed by atoms with E-state index in [1.165, 1.54) is 0 Å². The van der Waals surface area contributed by atoms with Crippen LogP contribution in [0.1, 0.15) is 16.1 Å². The highest BCUT2D eigenvalue weighted by Crippen LogP contribution is 2.24. The van der Waals surface area contributed by atoms with Gasteiger partial charge in [0.05, 0.1) is 5.52 Å². The number of nitrogens with one attached hydrogen (secondary N) is 1. The average molecular weight is 359 g/mol. The number of nitrogens with two attached hydrogens (primary N) is 1. The van der Waals surface area contributed by atoms with Crippen LogP contribution in [0.25, 0.3) is 10.9 Å². The van der Waals surface area contributed by atoms with Gasteiger partial charge in [-0.3, -0.25) is 9.48 Å². The Kier molecular flexibility index (Phi) is 3.62. The molecule has 1 aromatic heterocycles. The minimum Gasteiger partial charge on any atom is -0.399 e. The highest BCUT2D eigenvalue weighted by Gasteiger charge is 2.17. The zero-order chi connectivity index (χ0) is 15.9. The summed E-state index contributed by atoms with van der Waals surface area (Å²) in [4.78, 5) is 12.6. The van der Waals surface area contributed by atoms with Crippen molar-refractivity contribution in [3.05, 3.63) is 52.1 Å². The number of aromatic nitrogens is 2. The Balaban J connectivity index is 2.02. The minimum absolute atomic E-state index is 0.252. The molecule has 22 heavy (non-hydrogen) atoms. The van der Waals surface area contributed by atoms with Crippen LogP contribution in [0, 0.1) is 6.92 Å². The molecule has 0 aliphatic carbocycles. The lowest BCUT2D eigenvalue weighted by Crippen LogP contribution is -2.14. The monoisotopic (exact) mass is 358 g/mol. The second kappa shape index (κ2) is 5.46. The number of carbonyl (C=O) groups is 1. The third-order valence-corrected chi connectivity index (χ3v) is 4.03. The molecule has 3 N–H and O–H groups in total. The Morgan fingerprint density at radius 2 is 2.05 bits per heavy atom. The highest BCUT2D eigenvalue weighted by atomic mass is 79.9. The third kappa shape index (κ3) is 2.57. The quantitative estimate of drug-likeness (QED) is 0.688. The van der Waals surface area contributed by atoms with Gasteiger partial charge in [-0.25, -0.2) is 0 Å². The molecule has 1 heterocycles. The molecule has 6 heteroatoms. The molecule has 3 aromatic rings. The van der Waals surface area contributed by atoms with E-state index in [1.807, 2.05) is 38.2 Å². The first kappa shape index (κ1) is 14.6. The zero-order valence-corrected chi connectivity index (χ0v) is 13.8. The Hall–Kier alpha value is -2.34. The number of halogens is 1. The topological polar surface area (TPSA) is 72.9 Å². The van der Waals surface area contributed by atoms with Crippen LogP contribution in [-0.4, -0.2) is 15.7 Å². The van der Waals surface area contributed by atoms with Gasteiger partial charge in [-0.1, -0.05) is 22.0 Å². The van der Waals surface area contributed by atoms with E-state index in [-0.39, 0.29) is 5.91 Å². The van der Waals surface area contributed by atoms with E-state index in [0.717, 1.165) is 20.9 Å². The fourth-order valence-electron chi connectivity index (χ4n) is 2.36. The Morgan fingerprint density at radius 3 is 2.82 bits per heavy atom. The second-order valence-corrected chi connectivity index (χ2v) is 6.08. The molecule has 0 atom stereocenters. The number of rotatable bonds is 2. The molecule has 1 amide bonds. The van der Waals surface area contributed by atoms with Gasteiger partial charge in [0.2, 0.25) is 0 Å². The predicted molar refractivity (Wildman–Crippen MR) is 92.0 cm³/mol. The van der Waals surface area contributed by atoms with Gasteiger partial charge in [-0.2, -0.15) is 5.10 Å². The fourth-order valence-corrected chi connectivity index (χ4v) is 2.72. The number of benzene rings is 2. The van der Waals surface area contributed by atoms with E-state index in [9.17, 15) is 4.79 Å². The number of nitrogens with zero attached hydrogens (tertiary/aromatic N) is 2. The number of nitrogen functional groups attached to an aromatic ring is 1. The van der Waals surface area contributed by atoms with E-state index in [4.69, 9.17) is 5.73 Å². The van der Waals surface area contributed by atoms with Gasteiger partial charge in [-0.05, 0) is 42.8 Å². The van der Waals surface area contributed by atoms with Gasteiger partial charge in [0, 0.05) is 28.3 Å². The predicted octanol–water partition coefficient (Wildman–Crippen LogP) is 3.48. The van der Waals surface area contributed by atoms with Gasteiger partial charge in [0.15, 0.2) is 5.69 Å². The van der Waals surface area contributed by atoms with Gasteiger partial charge < -0.3 is 11.1 Å². The number of fused-ring (bicyclic) bond motifs is 1. The molecule has 0 aliphatic heterocycles. The molecule has 3 rings (SSSR count). The maximum absolute atomic E-state index is 12.6. The summed E-state index contributed by atoms with van der Waals surface area (Å²) in [6.45, 7) is 1.92. The van der Waals surface area contributed by atoms with Crippen molar-refractivity contribution in [1.82, 2.24) is 9.78 Å². The van der Waals surface area contributed by atoms with E-state index in [1.54, 1.807) is 16.8 Å². The van der Waals surface area contributed by atoms with Crippen LogP contribution < -0.4 is 11.1 Å². The molecule has 5 nitrogen and oxygen atoms in total. The number of hydrogen-bond donors (Lipinski definition) is 2. The van der Waals surface area contributed by atoms with Gasteiger partial charge in [0.25, 0.3) is 5.91 Å². The molecule has 0 spiro atoms. The molecule has 0 aliphatic rings. The lowest BCUT2D eigenvalue weighted by Gasteiger charge is -2.08. The summed E-state index contributed by atoms with van der Waals surface area (Å²) in [5, 5.41) is 8.02. The Labute approximate surface area is 136 Å². The molecule has 2 aromatic carbocycles. The van der Waals surface area contributed by atoms with Crippen molar-refractivity contribution in [2.45, 2.75) is 6.92 Å². The lowest BCUT2D eigenvalue weighted by molar-refractivity contribution is 0.102. The van der Waals surface area contributed by atoms with E-state index in [0.29, 0.717) is 17.1 Å². The largest absolute Gasteiger partial charge is 0.399 e. The first-order valence-corrected chi connectivity index (χ1v) is 7.55. The molecule has 0 unspecified atom stereocenters. The SMILES string of the molecule is Cc1ccc(N)cc1NC(=O)c1nn(C)c2ccc(Br)cc12. The summed E-state index contributed by atoms with van der Waals surface area (Å²) in [5.74, 6) is -0.252. The van der Waals surface area contributed by atoms with Gasteiger partial charge >= 0.3 is 0 Å². The zero-order valence-electron chi connectivity index (χ0n) is 12.2. The molecular formula is C16H15BrN4O. The second-order valence-electron chi connectivity index (χ2n) is 5.16. The third-order valence-electron chi connectivity index (χ3n) is 3.54. The molecule has 0 saturated carbocycles. The summed E-state index contributed by atoms with van der Waals surface area (Å²) >= 11 is 3.43. The molecule has 0 saturated heterocycles. The summed E-state index contributed by atoms with van der Waals surface area (Å²) in [6, 6.07) is 11.2. The van der Waals surface area contributed by atoms with Crippen molar-refractivity contribution in [3.8, 4) is 0 Å². The van der Waals surface area contributed by atoms with Crippen LogP contribution in [-0.2, 0) is 7.05 Å². The minimum atomic E-state index is -0.252. The lowest BCUT2D eigenvalue weighted by atomic mass is 10.1. The standard InChI is InChI=1S/C16H15BrN4O/c1-9-3-5-11(18)8-13(9)19-16(22)15-12-7-10(17)4-6-14(12)21(2)20-15/h3-8H,18H2,1-2H3,(H,19,22). The molecule has 0 fully saturated rings. The van der Waals surface area contributed by atoms with Crippen LogP contribution in [0.2, 0.25) is 0 Å². The van der Waals surface area contributed by atoms with Crippen LogP contribution in [0.5, 0.6) is 0 Å². The van der Waals surface area contributed by atoms with Crippen molar-refractivity contribution in [3.63, 3.8) is 0 Å². The number of anilines is 2. The van der Waals surface area contributed by atoms with Crippen molar-refractivity contribution in [2.24, 2.45) is 7.05 Å². The molecule has 0 radical (unpaired) electrons. The number of amides is 1. The fraction of sp³-hybridized carbons (Fsp3) is 0.125. The maximum Gasteiger partial charge on any atom is 0.276 e. The van der Waals surface area contributed by atoms with Crippen LogP contribution >= 0.6 is 15.9 Å². The summed E-state index contributed by atoms with van der Waals surface area (Å²) in [6.07, 6.45) is 0. The number of hydrogen-bond acceptors (Lipinski definition) is 3. The van der Waals surface area contributed by atoms with E-state index >= 15 is 0 Å². The number of aryl methyl sites for hydroxylation is 2.